The summed E-state index contributed by atoms with van der Waals surface area (Å²) in [5.41, 5.74) is 0.843. The Morgan fingerprint density at radius 2 is 1.96 bits per heavy atom. The number of halogens is 2. The highest BCUT2D eigenvalue weighted by molar-refractivity contribution is 7.22. The first-order valence-electron chi connectivity index (χ1n) is 7.21. The SMILES string of the molecule is O=C(NCCNc1nc2ccccc2s1)Nc1ccc(F)cc1F. The van der Waals surface area contributed by atoms with E-state index in [-0.39, 0.29) is 5.69 Å². The zero-order chi connectivity index (χ0) is 16.9. The molecule has 0 aliphatic heterocycles. The number of urea groups is 1. The molecule has 0 aliphatic carbocycles. The van der Waals surface area contributed by atoms with Gasteiger partial charge in [-0.3, -0.25) is 0 Å². The minimum absolute atomic E-state index is 0.0759. The first-order valence-corrected chi connectivity index (χ1v) is 8.03. The quantitative estimate of drug-likeness (QED) is 0.614. The second-order valence-corrected chi connectivity index (χ2v) is 5.95. The van der Waals surface area contributed by atoms with E-state index in [1.165, 1.54) is 17.4 Å². The third kappa shape index (κ3) is 3.96. The van der Waals surface area contributed by atoms with Gasteiger partial charge in [0.25, 0.3) is 0 Å². The average Bonchev–Trinajstić information content (AvgIpc) is 2.97. The summed E-state index contributed by atoms with van der Waals surface area (Å²) in [6.07, 6.45) is 0. The molecule has 0 fully saturated rings. The molecule has 0 spiro atoms. The fourth-order valence-electron chi connectivity index (χ4n) is 2.05. The lowest BCUT2D eigenvalue weighted by Crippen LogP contribution is -2.32. The van der Waals surface area contributed by atoms with E-state index in [2.05, 4.69) is 20.9 Å². The number of amides is 2. The van der Waals surface area contributed by atoms with Crippen LogP contribution >= 0.6 is 11.3 Å². The molecule has 0 unspecified atom stereocenters. The van der Waals surface area contributed by atoms with E-state index in [9.17, 15) is 13.6 Å². The Morgan fingerprint density at radius 1 is 1.12 bits per heavy atom. The molecule has 3 aromatic rings. The molecular weight excluding hydrogens is 334 g/mol. The summed E-state index contributed by atoms with van der Waals surface area (Å²) >= 11 is 1.53. The number of thiazole rings is 1. The van der Waals surface area contributed by atoms with E-state index >= 15 is 0 Å². The van der Waals surface area contributed by atoms with E-state index in [1.807, 2.05) is 24.3 Å². The Bertz CT molecular complexity index is 835. The maximum absolute atomic E-state index is 13.4. The van der Waals surface area contributed by atoms with E-state index in [0.717, 1.165) is 21.4 Å². The minimum Gasteiger partial charge on any atom is -0.360 e. The summed E-state index contributed by atoms with van der Waals surface area (Å²) in [5, 5.41) is 8.79. The minimum atomic E-state index is -0.822. The molecule has 0 aliphatic rings. The zero-order valence-corrected chi connectivity index (χ0v) is 13.3. The molecule has 0 bridgehead atoms. The standard InChI is InChI=1S/C16H14F2N4OS/c17-10-5-6-12(11(18)9-10)21-15(23)19-7-8-20-16-22-13-3-1-2-4-14(13)24-16/h1-6,9H,7-8H2,(H,20,22)(H2,19,21,23). The van der Waals surface area contributed by atoms with E-state index in [0.29, 0.717) is 19.2 Å². The fraction of sp³-hybridized carbons (Fsp3) is 0.125. The monoisotopic (exact) mass is 348 g/mol. The van der Waals surface area contributed by atoms with Crippen LogP contribution in [0.15, 0.2) is 42.5 Å². The highest BCUT2D eigenvalue weighted by Gasteiger charge is 2.07. The first-order chi connectivity index (χ1) is 11.6. The number of anilines is 2. The number of para-hydroxylation sites is 1. The van der Waals surface area contributed by atoms with Crippen LogP contribution < -0.4 is 16.0 Å². The van der Waals surface area contributed by atoms with Crippen LogP contribution in [0.3, 0.4) is 0 Å². The van der Waals surface area contributed by atoms with E-state index < -0.39 is 17.7 Å². The topological polar surface area (TPSA) is 66.0 Å². The van der Waals surface area contributed by atoms with Crippen LogP contribution in [-0.2, 0) is 0 Å². The summed E-state index contributed by atoms with van der Waals surface area (Å²) in [6.45, 7) is 0.795. The molecule has 2 aromatic carbocycles. The van der Waals surface area contributed by atoms with Crippen molar-refractivity contribution in [2.45, 2.75) is 0 Å². The Morgan fingerprint density at radius 3 is 2.75 bits per heavy atom. The molecule has 24 heavy (non-hydrogen) atoms. The van der Waals surface area contributed by atoms with Crippen LogP contribution in [-0.4, -0.2) is 24.1 Å². The number of fused-ring (bicyclic) bond motifs is 1. The van der Waals surface area contributed by atoms with Crippen molar-refractivity contribution in [2.24, 2.45) is 0 Å². The van der Waals surface area contributed by atoms with Crippen molar-refractivity contribution in [1.82, 2.24) is 10.3 Å². The van der Waals surface area contributed by atoms with Crippen molar-refractivity contribution in [1.29, 1.82) is 0 Å². The molecule has 0 radical (unpaired) electrons. The lowest BCUT2D eigenvalue weighted by molar-refractivity contribution is 0.252. The number of benzene rings is 2. The van der Waals surface area contributed by atoms with Gasteiger partial charge in [0.05, 0.1) is 15.9 Å². The molecule has 3 N–H and O–H groups in total. The maximum atomic E-state index is 13.4. The molecule has 124 valence electrons. The average molecular weight is 348 g/mol. The molecule has 8 heteroatoms. The number of aromatic nitrogens is 1. The third-order valence-corrected chi connectivity index (χ3v) is 4.15. The van der Waals surface area contributed by atoms with Crippen molar-refractivity contribution >= 4 is 38.4 Å². The van der Waals surface area contributed by atoms with Crippen molar-refractivity contribution in [3.8, 4) is 0 Å². The molecule has 3 rings (SSSR count). The van der Waals surface area contributed by atoms with Crippen LogP contribution in [0.1, 0.15) is 0 Å². The lowest BCUT2D eigenvalue weighted by Gasteiger charge is -2.08. The zero-order valence-electron chi connectivity index (χ0n) is 12.5. The molecule has 0 atom stereocenters. The van der Waals surface area contributed by atoms with Crippen LogP contribution in [0.4, 0.5) is 24.4 Å². The van der Waals surface area contributed by atoms with E-state index in [4.69, 9.17) is 0 Å². The van der Waals surface area contributed by atoms with Gasteiger partial charge >= 0.3 is 6.03 Å². The third-order valence-electron chi connectivity index (χ3n) is 3.16. The normalized spacial score (nSPS) is 10.6. The summed E-state index contributed by atoms with van der Waals surface area (Å²) < 4.78 is 27.3. The van der Waals surface area contributed by atoms with Crippen molar-refractivity contribution in [3.63, 3.8) is 0 Å². The van der Waals surface area contributed by atoms with Gasteiger partial charge in [0.15, 0.2) is 5.13 Å². The van der Waals surface area contributed by atoms with Crippen LogP contribution in [0.5, 0.6) is 0 Å². The van der Waals surface area contributed by atoms with Gasteiger partial charge in [0, 0.05) is 19.2 Å². The molecule has 1 heterocycles. The van der Waals surface area contributed by atoms with Gasteiger partial charge < -0.3 is 16.0 Å². The number of nitrogens with zero attached hydrogens (tertiary/aromatic N) is 1. The fourth-order valence-corrected chi connectivity index (χ4v) is 2.94. The predicted octanol–water partition coefficient (Wildman–Crippen LogP) is 3.81. The Balaban J connectivity index is 1.45. The highest BCUT2D eigenvalue weighted by Crippen LogP contribution is 2.24. The summed E-state index contributed by atoms with van der Waals surface area (Å²) in [7, 11) is 0. The summed E-state index contributed by atoms with van der Waals surface area (Å²) in [4.78, 5) is 16.1. The molecule has 2 amide bonds. The van der Waals surface area contributed by atoms with Crippen LogP contribution in [0, 0.1) is 11.6 Å². The van der Waals surface area contributed by atoms with Crippen LogP contribution in [0.25, 0.3) is 10.2 Å². The number of nitrogens with one attached hydrogen (secondary N) is 3. The molecular formula is C16H14F2N4OS. The maximum Gasteiger partial charge on any atom is 0.319 e. The molecule has 5 nitrogen and oxygen atoms in total. The van der Waals surface area contributed by atoms with Gasteiger partial charge in [0.2, 0.25) is 0 Å². The number of hydrogen-bond acceptors (Lipinski definition) is 4. The molecule has 1 aromatic heterocycles. The van der Waals surface area contributed by atoms with Crippen molar-refractivity contribution in [2.75, 3.05) is 23.7 Å². The van der Waals surface area contributed by atoms with Crippen molar-refractivity contribution < 1.29 is 13.6 Å². The van der Waals surface area contributed by atoms with Gasteiger partial charge in [-0.1, -0.05) is 23.5 Å². The summed E-state index contributed by atoms with van der Waals surface area (Å²) in [6, 6.07) is 10.2. The van der Waals surface area contributed by atoms with Gasteiger partial charge in [-0.2, -0.15) is 0 Å². The van der Waals surface area contributed by atoms with Gasteiger partial charge in [-0.25, -0.2) is 18.6 Å². The van der Waals surface area contributed by atoms with Gasteiger partial charge in [0.1, 0.15) is 11.6 Å². The second-order valence-electron chi connectivity index (χ2n) is 4.92. The number of carbonyl (C=O) groups is 1. The van der Waals surface area contributed by atoms with Crippen LogP contribution in [0.2, 0.25) is 0 Å². The molecule has 0 saturated carbocycles. The number of carbonyl (C=O) groups excluding carboxylic acids is 1. The summed E-state index contributed by atoms with van der Waals surface area (Å²) in [5.74, 6) is -1.52. The highest BCUT2D eigenvalue weighted by atomic mass is 32.1. The predicted molar refractivity (Wildman–Crippen MR) is 91.5 cm³/mol. The largest absolute Gasteiger partial charge is 0.360 e. The van der Waals surface area contributed by atoms with E-state index in [1.54, 1.807) is 0 Å². The lowest BCUT2D eigenvalue weighted by atomic mass is 10.3. The number of hydrogen-bond donors (Lipinski definition) is 3. The number of rotatable bonds is 5. The van der Waals surface area contributed by atoms with Crippen molar-refractivity contribution in [3.05, 3.63) is 54.1 Å². The Kier molecular flexibility index (Phi) is 4.85. The Hall–Kier alpha value is -2.74. The second kappa shape index (κ2) is 7.22. The molecule has 0 saturated heterocycles. The van der Waals surface area contributed by atoms with Gasteiger partial charge in [-0.05, 0) is 24.3 Å². The Labute approximate surface area is 140 Å². The smallest absolute Gasteiger partial charge is 0.319 e. The first kappa shape index (κ1) is 16.1. The van der Waals surface area contributed by atoms with Gasteiger partial charge in [-0.15, -0.1) is 0 Å².